The largest absolute Gasteiger partial charge is 0.496 e. The lowest BCUT2D eigenvalue weighted by Gasteiger charge is -2.14. The molecule has 0 unspecified atom stereocenters. The molecule has 0 aliphatic heterocycles. The second-order valence-electron chi connectivity index (χ2n) is 3.83. The van der Waals surface area contributed by atoms with E-state index < -0.39 is 5.97 Å². The number of carboxylic acids is 1. The maximum atomic E-state index is 10.5. The van der Waals surface area contributed by atoms with Gasteiger partial charge in [-0.05, 0) is 31.4 Å². The molecule has 0 aliphatic carbocycles. The molecule has 0 bridgehead atoms. The first-order valence-corrected chi connectivity index (χ1v) is 5.52. The molecule has 1 aromatic rings. The summed E-state index contributed by atoms with van der Waals surface area (Å²) in [6.07, 6.45) is 1.48. The fourth-order valence-corrected chi connectivity index (χ4v) is 1.86. The van der Waals surface area contributed by atoms with Gasteiger partial charge >= 0.3 is 5.97 Å². The average molecular weight is 238 g/mol. The maximum absolute atomic E-state index is 10.5. The quantitative estimate of drug-likeness (QED) is 0.827. The zero-order chi connectivity index (χ0) is 12.8. The van der Waals surface area contributed by atoms with Gasteiger partial charge in [0.25, 0.3) is 0 Å². The molecule has 0 fully saturated rings. The number of hydrogen-bond donors (Lipinski definition) is 1. The summed E-state index contributed by atoms with van der Waals surface area (Å²) in [6.45, 7) is 1.93. The Labute approximate surface area is 101 Å². The molecule has 0 saturated heterocycles. The molecule has 0 radical (unpaired) electrons. The summed E-state index contributed by atoms with van der Waals surface area (Å²) in [5.41, 5.74) is 1.97. The Hall–Kier alpha value is -1.71. The van der Waals surface area contributed by atoms with Gasteiger partial charge in [-0.15, -0.1) is 0 Å². The third kappa shape index (κ3) is 3.37. The van der Waals surface area contributed by atoms with Crippen molar-refractivity contribution in [3.63, 3.8) is 0 Å². The van der Waals surface area contributed by atoms with Gasteiger partial charge in [0.2, 0.25) is 0 Å². The van der Waals surface area contributed by atoms with Crippen molar-refractivity contribution >= 4 is 5.97 Å². The van der Waals surface area contributed by atoms with Gasteiger partial charge in [-0.2, -0.15) is 0 Å². The van der Waals surface area contributed by atoms with Crippen molar-refractivity contribution in [3.8, 4) is 11.5 Å². The minimum absolute atomic E-state index is 0.175. The number of rotatable bonds is 6. The predicted octanol–water partition coefficient (Wildman–Crippen LogP) is 2.42. The molecule has 0 amide bonds. The van der Waals surface area contributed by atoms with Crippen LogP contribution in [0.25, 0.3) is 0 Å². The topological polar surface area (TPSA) is 55.8 Å². The number of methoxy groups -OCH3 is 2. The summed E-state index contributed by atoms with van der Waals surface area (Å²) in [5.74, 6) is 0.799. The number of carboxylic acid groups (broad SMARTS) is 1. The Morgan fingerprint density at radius 3 is 2.53 bits per heavy atom. The number of aliphatic carboxylic acids is 1. The van der Waals surface area contributed by atoms with Gasteiger partial charge in [0, 0.05) is 12.0 Å². The van der Waals surface area contributed by atoms with Crippen LogP contribution in [0.1, 0.15) is 24.0 Å². The van der Waals surface area contributed by atoms with Crippen LogP contribution in [-0.4, -0.2) is 25.3 Å². The van der Waals surface area contributed by atoms with Crippen molar-refractivity contribution in [3.05, 3.63) is 23.3 Å². The average Bonchev–Trinajstić information content (AvgIpc) is 2.29. The summed E-state index contributed by atoms with van der Waals surface area (Å²) >= 11 is 0. The van der Waals surface area contributed by atoms with E-state index in [9.17, 15) is 4.79 Å². The van der Waals surface area contributed by atoms with E-state index in [-0.39, 0.29) is 6.42 Å². The van der Waals surface area contributed by atoms with Gasteiger partial charge in [-0.25, -0.2) is 0 Å². The lowest BCUT2D eigenvalue weighted by atomic mass is 10.0. The molecule has 4 nitrogen and oxygen atoms in total. The van der Waals surface area contributed by atoms with Crippen LogP contribution in [0.4, 0.5) is 0 Å². The van der Waals surface area contributed by atoms with E-state index in [1.54, 1.807) is 14.2 Å². The number of aryl methyl sites for hydroxylation is 1. The highest BCUT2D eigenvalue weighted by atomic mass is 16.5. The van der Waals surface area contributed by atoms with Gasteiger partial charge < -0.3 is 14.6 Å². The third-order valence-electron chi connectivity index (χ3n) is 2.70. The number of benzene rings is 1. The minimum Gasteiger partial charge on any atom is -0.496 e. The lowest BCUT2D eigenvalue weighted by Crippen LogP contribution is -2.00. The van der Waals surface area contributed by atoms with Gasteiger partial charge in [0.1, 0.15) is 11.5 Å². The molecule has 0 spiro atoms. The van der Waals surface area contributed by atoms with E-state index in [2.05, 4.69) is 0 Å². The van der Waals surface area contributed by atoms with Gasteiger partial charge in [-0.1, -0.05) is 6.07 Å². The van der Waals surface area contributed by atoms with Crippen LogP contribution in [-0.2, 0) is 11.2 Å². The molecule has 0 heterocycles. The SMILES string of the molecule is COc1ccc(CCCC(=O)O)c(OC)c1C. The van der Waals surface area contributed by atoms with Crippen LogP contribution < -0.4 is 9.47 Å². The molecule has 1 N–H and O–H groups in total. The molecular formula is C13H18O4. The fraction of sp³-hybridized carbons (Fsp3) is 0.462. The molecule has 0 aromatic heterocycles. The molecule has 0 saturated carbocycles. The minimum atomic E-state index is -0.769. The monoisotopic (exact) mass is 238 g/mol. The zero-order valence-electron chi connectivity index (χ0n) is 10.4. The van der Waals surface area contributed by atoms with E-state index in [1.165, 1.54) is 0 Å². The van der Waals surface area contributed by atoms with E-state index in [0.717, 1.165) is 22.6 Å². The number of hydrogen-bond acceptors (Lipinski definition) is 3. The van der Waals surface area contributed by atoms with Crippen molar-refractivity contribution in [2.45, 2.75) is 26.2 Å². The van der Waals surface area contributed by atoms with Crippen LogP contribution in [0.5, 0.6) is 11.5 Å². The first kappa shape index (κ1) is 13.4. The van der Waals surface area contributed by atoms with E-state index in [1.807, 2.05) is 19.1 Å². The first-order chi connectivity index (χ1) is 8.10. The summed E-state index contributed by atoms with van der Waals surface area (Å²) in [7, 11) is 3.23. The molecule has 94 valence electrons. The van der Waals surface area contributed by atoms with Gasteiger partial charge in [0.05, 0.1) is 14.2 Å². The van der Waals surface area contributed by atoms with Crippen molar-refractivity contribution in [1.29, 1.82) is 0 Å². The molecule has 1 aromatic carbocycles. The fourth-order valence-electron chi connectivity index (χ4n) is 1.86. The molecule has 1 rings (SSSR count). The smallest absolute Gasteiger partial charge is 0.303 e. The Morgan fingerprint density at radius 2 is 2.00 bits per heavy atom. The first-order valence-electron chi connectivity index (χ1n) is 5.52. The van der Waals surface area contributed by atoms with Crippen LogP contribution in [0.15, 0.2) is 12.1 Å². The van der Waals surface area contributed by atoms with Crippen LogP contribution in [0, 0.1) is 6.92 Å². The molecule has 4 heteroatoms. The van der Waals surface area contributed by atoms with E-state index >= 15 is 0 Å². The standard InChI is InChI=1S/C13H18O4/c1-9-11(16-2)8-7-10(13(9)17-3)5-4-6-12(14)15/h7-8H,4-6H2,1-3H3,(H,14,15). The molecule has 0 atom stereocenters. The van der Waals surface area contributed by atoms with Gasteiger partial charge in [-0.3, -0.25) is 4.79 Å². The van der Waals surface area contributed by atoms with Crippen molar-refractivity contribution in [2.75, 3.05) is 14.2 Å². The number of carbonyl (C=O) groups is 1. The summed E-state index contributed by atoms with van der Waals surface area (Å²) < 4.78 is 10.6. The highest BCUT2D eigenvalue weighted by molar-refractivity contribution is 5.66. The van der Waals surface area contributed by atoms with Gasteiger partial charge in [0.15, 0.2) is 0 Å². The second kappa shape index (κ2) is 6.13. The second-order valence-corrected chi connectivity index (χ2v) is 3.83. The van der Waals surface area contributed by atoms with Crippen molar-refractivity contribution in [1.82, 2.24) is 0 Å². The summed E-state index contributed by atoms with van der Waals surface area (Å²) in [5, 5.41) is 8.60. The lowest BCUT2D eigenvalue weighted by molar-refractivity contribution is -0.137. The van der Waals surface area contributed by atoms with Crippen LogP contribution in [0.3, 0.4) is 0 Å². The zero-order valence-corrected chi connectivity index (χ0v) is 10.4. The Morgan fingerprint density at radius 1 is 1.29 bits per heavy atom. The molecule has 0 aliphatic rings. The molecular weight excluding hydrogens is 220 g/mol. The van der Waals surface area contributed by atoms with Crippen LogP contribution in [0.2, 0.25) is 0 Å². The van der Waals surface area contributed by atoms with E-state index in [0.29, 0.717) is 12.8 Å². The van der Waals surface area contributed by atoms with Crippen LogP contribution >= 0.6 is 0 Å². The van der Waals surface area contributed by atoms with Crippen molar-refractivity contribution < 1.29 is 19.4 Å². The summed E-state index contributed by atoms with van der Waals surface area (Å²) in [4.78, 5) is 10.5. The Kier molecular flexibility index (Phi) is 4.82. The van der Waals surface area contributed by atoms with E-state index in [4.69, 9.17) is 14.6 Å². The highest BCUT2D eigenvalue weighted by Crippen LogP contribution is 2.32. The highest BCUT2D eigenvalue weighted by Gasteiger charge is 2.11. The number of ether oxygens (including phenoxy) is 2. The Bertz CT molecular complexity index is 399. The third-order valence-corrected chi connectivity index (χ3v) is 2.70. The van der Waals surface area contributed by atoms with Crippen molar-refractivity contribution in [2.24, 2.45) is 0 Å². The molecule has 17 heavy (non-hydrogen) atoms. The normalized spacial score (nSPS) is 10.1. The Balaban J connectivity index is 2.85. The maximum Gasteiger partial charge on any atom is 0.303 e. The summed E-state index contributed by atoms with van der Waals surface area (Å²) in [6, 6.07) is 3.81. The predicted molar refractivity (Wildman–Crippen MR) is 64.9 cm³/mol.